The van der Waals surface area contributed by atoms with Gasteiger partial charge in [0, 0.05) is 18.5 Å². The summed E-state index contributed by atoms with van der Waals surface area (Å²) >= 11 is 0. The molecule has 0 fully saturated rings. The van der Waals surface area contributed by atoms with Crippen molar-refractivity contribution in [3.8, 4) is 5.75 Å². The Balaban J connectivity index is 1.77. The molecule has 0 saturated heterocycles. The van der Waals surface area contributed by atoms with Gasteiger partial charge in [-0.1, -0.05) is 18.2 Å². The van der Waals surface area contributed by atoms with Crippen LogP contribution in [0.15, 0.2) is 36.9 Å². The molecule has 0 aliphatic rings. The van der Waals surface area contributed by atoms with Crippen molar-refractivity contribution in [2.24, 2.45) is 0 Å². The van der Waals surface area contributed by atoms with E-state index in [0.29, 0.717) is 25.1 Å². The van der Waals surface area contributed by atoms with E-state index in [1.165, 1.54) is 6.33 Å². The van der Waals surface area contributed by atoms with Crippen molar-refractivity contribution in [3.63, 3.8) is 0 Å². The molecule has 0 radical (unpaired) electrons. The van der Waals surface area contributed by atoms with E-state index in [1.54, 1.807) is 29.2 Å². The number of aromatic hydroxyl groups is 1. The van der Waals surface area contributed by atoms with Gasteiger partial charge in [0.1, 0.15) is 18.4 Å². The second-order valence-corrected chi connectivity index (χ2v) is 3.81. The number of aryl methyl sites for hydroxylation is 1. The summed E-state index contributed by atoms with van der Waals surface area (Å²) in [4.78, 5) is 15.4. The van der Waals surface area contributed by atoms with Gasteiger partial charge in [0.2, 0.25) is 5.91 Å². The molecule has 94 valence electrons. The van der Waals surface area contributed by atoms with Crippen LogP contribution in [0.4, 0.5) is 0 Å². The van der Waals surface area contributed by atoms with Crippen LogP contribution in [0.25, 0.3) is 0 Å². The zero-order valence-electron chi connectivity index (χ0n) is 9.78. The molecule has 0 saturated carbocycles. The minimum atomic E-state index is -0.0891. The Morgan fingerprint density at radius 1 is 1.39 bits per heavy atom. The molecule has 1 heterocycles. The highest BCUT2D eigenvalue weighted by molar-refractivity contribution is 5.75. The number of nitrogens with zero attached hydrogens (tertiary/aromatic N) is 3. The van der Waals surface area contributed by atoms with Crippen LogP contribution < -0.4 is 5.32 Å². The van der Waals surface area contributed by atoms with E-state index in [1.807, 2.05) is 6.07 Å². The number of hydrogen-bond acceptors (Lipinski definition) is 4. The van der Waals surface area contributed by atoms with E-state index in [0.717, 1.165) is 0 Å². The zero-order chi connectivity index (χ0) is 12.8. The molecule has 0 unspecified atom stereocenters. The van der Waals surface area contributed by atoms with Crippen molar-refractivity contribution in [2.75, 3.05) is 0 Å². The van der Waals surface area contributed by atoms with Crippen LogP contribution in [0.2, 0.25) is 0 Å². The third-order valence-electron chi connectivity index (χ3n) is 2.50. The molecule has 0 bridgehead atoms. The van der Waals surface area contributed by atoms with Gasteiger partial charge in [0.25, 0.3) is 0 Å². The molecule has 1 aromatic heterocycles. The Morgan fingerprint density at radius 2 is 2.22 bits per heavy atom. The van der Waals surface area contributed by atoms with Crippen LogP contribution in [0.1, 0.15) is 12.0 Å². The summed E-state index contributed by atoms with van der Waals surface area (Å²) in [5.41, 5.74) is 0.701. The number of nitrogens with one attached hydrogen (secondary N) is 1. The van der Waals surface area contributed by atoms with Gasteiger partial charge in [0.15, 0.2) is 0 Å². The summed E-state index contributed by atoms with van der Waals surface area (Å²) in [6, 6.07) is 6.92. The fraction of sp³-hybridized carbons (Fsp3) is 0.250. The molecule has 1 aromatic carbocycles. The first-order valence-corrected chi connectivity index (χ1v) is 5.61. The summed E-state index contributed by atoms with van der Waals surface area (Å²) in [5, 5.41) is 16.2. The van der Waals surface area contributed by atoms with Gasteiger partial charge in [-0.3, -0.25) is 9.48 Å². The van der Waals surface area contributed by atoms with E-state index in [-0.39, 0.29) is 11.7 Å². The first kappa shape index (κ1) is 12.1. The summed E-state index contributed by atoms with van der Waals surface area (Å²) < 4.78 is 1.60. The van der Waals surface area contributed by atoms with Gasteiger partial charge >= 0.3 is 0 Å². The number of carbonyl (C=O) groups is 1. The summed E-state index contributed by atoms with van der Waals surface area (Å²) in [5.74, 6) is 0.0998. The maximum absolute atomic E-state index is 11.6. The molecule has 6 heteroatoms. The molecule has 0 atom stereocenters. The lowest BCUT2D eigenvalue weighted by atomic mass is 10.2. The Morgan fingerprint density at radius 3 is 2.94 bits per heavy atom. The molecular weight excluding hydrogens is 232 g/mol. The summed E-state index contributed by atoms with van der Waals surface area (Å²) in [6.45, 7) is 0.815. The van der Waals surface area contributed by atoms with Crippen molar-refractivity contribution in [3.05, 3.63) is 42.5 Å². The number of phenolic OH excluding ortho intramolecular Hbond substituents is 1. The van der Waals surface area contributed by atoms with Crippen LogP contribution in [-0.4, -0.2) is 25.8 Å². The first-order chi connectivity index (χ1) is 8.75. The molecule has 1 amide bonds. The van der Waals surface area contributed by atoms with Crippen molar-refractivity contribution < 1.29 is 9.90 Å². The minimum absolute atomic E-state index is 0.0891. The molecule has 0 aliphatic heterocycles. The highest BCUT2D eigenvalue weighted by Crippen LogP contribution is 2.14. The lowest BCUT2D eigenvalue weighted by Gasteiger charge is -2.06. The SMILES string of the molecule is O=C(CCn1cncn1)NCc1ccccc1O. The highest BCUT2D eigenvalue weighted by atomic mass is 16.3. The van der Waals surface area contributed by atoms with E-state index in [9.17, 15) is 9.90 Å². The van der Waals surface area contributed by atoms with Gasteiger partial charge < -0.3 is 10.4 Å². The summed E-state index contributed by atoms with van der Waals surface area (Å²) in [7, 11) is 0. The van der Waals surface area contributed by atoms with E-state index < -0.39 is 0 Å². The van der Waals surface area contributed by atoms with E-state index >= 15 is 0 Å². The largest absolute Gasteiger partial charge is 0.508 e. The molecule has 18 heavy (non-hydrogen) atoms. The number of carbonyl (C=O) groups excluding carboxylic acids is 1. The predicted molar refractivity (Wildman–Crippen MR) is 64.6 cm³/mol. The lowest BCUT2D eigenvalue weighted by molar-refractivity contribution is -0.121. The number of phenols is 1. The molecule has 0 spiro atoms. The first-order valence-electron chi connectivity index (χ1n) is 5.61. The fourth-order valence-corrected chi connectivity index (χ4v) is 1.51. The van der Waals surface area contributed by atoms with Crippen LogP contribution >= 0.6 is 0 Å². The zero-order valence-corrected chi connectivity index (χ0v) is 9.78. The molecule has 2 aromatic rings. The normalized spacial score (nSPS) is 10.2. The second-order valence-electron chi connectivity index (χ2n) is 3.81. The standard InChI is InChI=1S/C12H14N4O2/c17-11-4-2-1-3-10(11)7-14-12(18)5-6-16-9-13-8-15-16/h1-4,8-9,17H,5-7H2,(H,14,18). The van der Waals surface area contributed by atoms with Crippen LogP contribution in [-0.2, 0) is 17.9 Å². The smallest absolute Gasteiger partial charge is 0.222 e. The van der Waals surface area contributed by atoms with Crippen molar-refractivity contribution in [1.29, 1.82) is 0 Å². The van der Waals surface area contributed by atoms with E-state index in [4.69, 9.17) is 0 Å². The number of aromatic nitrogens is 3. The summed E-state index contributed by atoms with van der Waals surface area (Å²) in [6.07, 6.45) is 3.33. The third kappa shape index (κ3) is 3.31. The second kappa shape index (κ2) is 5.81. The van der Waals surface area contributed by atoms with Crippen LogP contribution in [0, 0.1) is 0 Å². The topological polar surface area (TPSA) is 80.0 Å². The monoisotopic (exact) mass is 246 g/mol. The van der Waals surface area contributed by atoms with Crippen LogP contribution in [0.3, 0.4) is 0 Å². The molecule has 6 nitrogen and oxygen atoms in total. The Hall–Kier alpha value is -2.37. The predicted octanol–water partition coefficient (Wildman–Crippen LogP) is 0.690. The highest BCUT2D eigenvalue weighted by Gasteiger charge is 2.04. The number of rotatable bonds is 5. The molecule has 0 aliphatic carbocycles. The number of benzene rings is 1. The van der Waals surface area contributed by atoms with Crippen molar-refractivity contribution in [2.45, 2.75) is 19.5 Å². The lowest BCUT2D eigenvalue weighted by Crippen LogP contribution is -2.24. The van der Waals surface area contributed by atoms with Gasteiger partial charge in [-0.05, 0) is 6.07 Å². The van der Waals surface area contributed by atoms with E-state index in [2.05, 4.69) is 15.4 Å². The molecule has 2 rings (SSSR count). The average molecular weight is 246 g/mol. The number of para-hydroxylation sites is 1. The number of amides is 1. The maximum atomic E-state index is 11.6. The quantitative estimate of drug-likeness (QED) is 0.813. The molecule has 2 N–H and O–H groups in total. The Labute approximate surface area is 104 Å². The van der Waals surface area contributed by atoms with Gasteiger partial charge in [-0.25, -0.2) is 4.98 Å². The average Bonchev–Trinajstić information content (AvgIpc) is 2.88. The minimum Gasteiger partial charge on any atom is -0.508 e. The molecular formula is C12H14N4O2. The van der Waals surface area contributed by atoms with Gasteiger partial charge in [0.05, 0.1) is 6.54 Å². The number of hydrogen-bond donors (Lipinski definition) is 2. The van der Waals surface area contributed by atoms with Gasteiger partial charge in [-0.15, -0.1) is 0 Å². The maximum Gasteiger partial charge on any atom is 0.222 e. The third-order valence-corrected chi connectivity index (χ3v) is 2.50. The fourth-order valence-electron chi connectivity index (χ4n) is 1.51. The van der Waals surface area contributed by atoms with Crippen molar-refractivity contribution in [1.82, 2.24) is 20.1 Å². The van der Waals surface area contributed by atoms with Crippen molar-refractivity contribution >= 4 is 5.91 Å². The Bertz CT molecular complexity index is 511. The van der Waals surface area contributed by atoms with Crippen LogP contribution in [0.5, 0.6) is 5.75 Å². The van der Waals surface area contributed by atoms with Gasteiger partial charge in [-0.2, -0.15) is 5.10 Å². The Kier molecular flexibility index (Phi) is 3.90.